The van der Waals surface area contributed by atoms with E-state index in [1.54, 1.807) is 19.1 Å². The number of benzene rings is 1. The number of urea groups is 1. The number of hydrogen-bond acceptors (Lipinski definition) is 7. The SMILES string of the molecule is C=CCN1CCN(CC2=C(C(=O)OCC)C(c3ccc([N+](=O)[O-])cc3)NC(=O)N2)CC1. The van der Waals surface area contributed by atoms with E-state index in [1.807, 2.05) is 6.08 Å². The number of ether oxygens (including phenoxy) is 1. The molecule has 2 aliphatic heterocycles. The molecule has 2 aliphatic rings. The van der Waals surface area contributed by atoms with E-state index < -0.39 is 23.0 Å². The summed E-state index contributed by atoms with van der Waals surface area (Å²) in [5.41, 5.74) is 1.30. The highest BCUT2D eigenvalue weighted by Crippen LogP contribution is 2.29. The third kappa shape index (κ3) is 5.47. The van der Waals surface area contributed by atoms with Crippen molar-refractivity contribution in [1.29, 1.82) is 0 Å². The highest BCUT2D eigenvalue weighted by Gasteiger charge is 2.34. The number of amides is 2. The average Bonchev–Trinajstić information content (AvgIpc) is 2.75. The summed E-state index contributed by atoms with van der Waals surface area (Å²) in [6.45, 7) is 10.2. The minimum Gasteiger partial charge on any atom is -0.463 e. The van der Waals surface area contributed by atoms with Crippen molar-refractivity contribution < 1.29 is 19.2 Å². The summed E-state index contributed by atoms with van der Waals surface area (Å²) in [5.74, 6) is -0.529. The number of esters is 1. The van der Waals surface area contributed by atoms with Crippen LogP contribution in [0.15, 0.2) is 48.2 Å². The topological polar surface area (TPSA) is 117 Å². The molecule has 1 atom stereocenters. The number of carbonyl (C=O) groups excluding carboxylic acids is 2. The van der Waals surface area contributed by atoms with Gasteiger partial charge in [0.25, 0.3) is 5.69 Å². The lowest BCUT2D eigenvalue weighted by Gasteiger charge is -2.36. The van der Waals surface area contributed by atoms with Gasteiger partial charge in [0.2, 0.25) is 0 Å². The molecule has 1 fully saturated rings. The quantitative estimate of drug-likeness (QED) is 0.279. The first-order valence-electron chi connectivity index (χ1n) is 10.2. The lowest BCUT2D eigenvalue weighted by molar-refractivity contribution is -0.384. The molecule has 3 rings (SSSR count). The van der Waals surface area contributed by atoms with Gasteiger partial charge in [-0.15, -0.1) is 6.58 Å². The van der Waals surface area contributed by atoms with Crippen LogP contribution in [0.5, 0.6) is 0 Å². The molecule has 31 heavy (non-hydrogen) atoms. The number of carbonyl (C=O) groups is 2. The van der Waals surface area contributed by atoms with Crippen LogP contribution in [0.3, 0.4) is 0 Å². The summed E-state index contributed by atoms with van der Waals surface area (Å²) in [6.07, 6.45) is 1.87. The third-order valence-corrected chi connectivity index (χ3v) is 5.32. The predicted octanol–water partition coefficient (Wildman–Crippen LogP) is 1.57. The zero-order valence-corrected chi connectivity index (χ0v) is 17.5. The van der Waals surface area contributed by atoms with Gasteiger partial charge in [0, 0.05) is 57.1 Å². The number of nitrogens with one attached hydrogen (secondary N) is 2. The van der Waals surface area contributed by atoms with E-state index in [0.717, 1.165) is 32.7 Å². The van der Waals surface area contributed by atoms with Crippen molar-refractivity contribution in [3.8, 4) is 0 Å². The fourth-order valence-electron chi connectivity index (χ4n) is 3.77. The first kappa shape index (κ1) is 22.4. The Kier molecular flexibility index (Phi) is 7.37. The molecule has 2 heterocycles. The van der Waals surface area contributed by atoms with Gasteiger partial charge in [-0.05, 0) is 24.6 Å². The number of nitrogens with zero attached hydrogens (tertiary/aromatic N) is 3. The van der Waals surface area contributed by atoms with Gasteiger partial charge in [0.15, 0.2) is 0 Å². The van der Waals surface area contributed by atoms with E-state index in [2.05, 4.69) is 27.0 Å². The number of rotatable bonds is 8. The molecule has 1 aromatic rings. The summed E-state index contributed by atoms with van der Waals surface area (Å²) in [6, 6.07) is 4.59. The largest absolute Gasteiger partial charge is 0.463 e. The van der Waals surface area contributed by atoms with Crippen LogP contribution in [0.2, 0.25) is 0 Å². The second-order valence-electron chi connectivity index (χ2n) is 7.36. The first-order valence-corrected chi connectivity index (χ1v) is 10.2. The molecule has 166 valence electrons. The van der Waals surface area contributed by atoms with E-state index in [1.165, 1.54) is 12.1 Å². The van der Waals surface area contributed by atoms with Crippen molar-refractivity contribution in [1.82, 2.24) is 20.4 Å². The van der Waals surface area contributed by atoms with Crippen molar-refractivity contribution in [3.05, 3.63) is 63.9 Å². The second-order valence-corrected chi connectivity index (χ2v) is 7.36. The van der Waals surface area contributed by atoms with Crippen molar-refractivity contribution in [3.63, 3.8) is 0 Å². The van der Waals surface area contributed by atoms with Crippen LogP contribution in [0.1, 0.15) is 18.5 Å². The third-order valence-electron chi connectivity index (χ3n) is 5.32. The molecule has 0 spiro atoms. The molecule has 10 heteroatoms. The highest BCUT2D eigenvalue weighted by atomic mass is 16.6. The average molecular weight is 429 g/mol. The number of hydrogen-bond donors (Lipinski definition) is 2. The van der Waals surface area contributed by atoms with Gasteiger partial charge in [-0.3, -0.25) is 19.9 Å². The van der Waals surface area contributed by atoms with E-state index in [0.29, 0.717) is 23.4 Å². The number of nitro groups is 1. The molecule has 10 nitrogen and oxygen atoms in total. The number of non-ortho nitro benzene ring substituents is 1. The Morgan fingerprint density at radius 2 is 1.90 bits per heavy atom. The summed E-state index contributed by atoms with van der Waals surface area (Å²) in [7, 11) is 0. The van der Waals surface area contributed by atoms with Gasteiger partial charge in [-0.1, -0.05) is 6.08 Å². The van der Waals surface area contributed by atoms with Crippen LogP contribution < -0.4 is 10.6 Å². The molecule has 1 saturated heterocycles. The Morgan fingerprint density at radius 3 is 2.48 bits per heavy atom. The van der Waals surface area contributed by atoms with Crippen LogP contribution in [0.25, 0.3) is 0 Å². The Balaban J connectivity index is 1.89. The minimum atomic E-state index is -0.759. The van der Waals surface area contributed by atoms with E-state index in [-0.39, 0.29) is 12.3 Å². The summed E-state index contributed by atoms with van der Waals surface area (Å²) < 4.78 is 5.26. The summed E-state index contributed by atoms with van der Waals surface area (Å²) >= 11 is 0. The molecular formula is C21H27N5O5. The smallest absolute Gasteiger partial charge is 0.338 e. The summed E-state index contributed by atoms with van der Waals surface area (Å²) in [4.78, 5) is 40.1. The fraction of sp³-hybridized carbons (Fsp3) is 0.429. The molecule has 2 N–H and O–H groups in total. The lowest BCUT2D eigenvalue weighted by Crippen LogP contribution is -2.51. The summed E-state index contributed by atoms with van der Waals surface area (Å²) in [5, 5.41) is 16.5. The first-order chi connectivity index (χ1) is 14.9. The molecule has 0 saturated carbocycles. The van der Waals surface area contributed by atoms with Gasteiger partial charge in [0.05, 0.1) is 23.1 Å². The van der Waals surface area contributed by atoms with Crippen LogP contribution in [-0.2, 0) is 9.53 Å². The fourth-order valence-corrected chi connectivity index (χ4v) is 3.77. The van der Waals surface area contributed by atoms with Crippen LogP contribution in [-0.4, -0.2) is 72.6 Å². The molecule has 1 aromatic carbocycles. The predicted molar refractivity (Wildman–Crippen MR) is 114 cm³/mol. The van der Waals surface area contributed by atoms with Gasteiger partial charge >= 0.3 is 12.0 Å². The van der Waals surface area contributed by atoms with Gasteiger partial charge in [0.1, 0.15) is 0 Å². The monoisotopic (exact) mass is 429 g/mol. The molecule has 0 aliphatic carbocycles. The zero-order chi connectivity index (χ0) is 22.4. The Labute approximate surface area is 180 Å². The lowest BCUT2D eigenvalue weighted by atomic mass is 9.94. The Morgan fingerprint density at radius 1 is 1.26 bits per heavy atom. The van der Waals surface area contributed by atoms with E-state index >= 15 is 0 Å². The van der Waals surface area contributed by atoms with Crippen molar-refractivity contribution in [2.45, 2.75) is 13.0 Å². The standard InChI is InChI=1S/C21H27N5O5/c1-3-9-24-10-12-25(13-11-24)14-17-18(20(27)31-4-2)19(23-21(28)22-17)15-5-7-16(8-6-15)26(29)30/h3,5-8,19H,1,4,9-14H2,2H3,(H2,22,23,28). The van der Waals surface area contributed by atoms with Gasteiger partial charge < -0.3 is 15.4 Å². The van der Waals surface area contributed by atoms with Crippen molar-refractivity contribution in [2.75, 3.05) is 45.9 Å². The maximum atomic E-state index is 12.8. The zero-order valence-electron chi connectivity index (χ0n) is 17.5. The van der Waals surface area contributed by atoms with Crippen molar-refractivity contribution >= 4 is 17.7 Å². The normalized spacial score (nSPS) is 20.0. The highest BCUT2D eigenvalue weighted by molar-refractivity contribution is 5.95. The molecular weight excluding hydrogens is 402 g/mol. The number of piperazine rings is 1. The maximum absolute atomic E-state index is 12.8. The van der Waals surface area contributed by atoms with E-state index in [4.69, 9.17) is 4.74 Å². The second kappa shape index (κ2) is 10.2. The van der Waals surface area contributed by atoms with Crippen LogP contribution in [0, 0.1) is 10.1 Å². The minimum absolute atomic E-state index is 0.0664. The molecule has 0 aromatic heterocycles. The Bertz CT molecular complexity index is 875. The molecule has 1 unspecified atom stereocenters. The molecule has 2 amide bonds. The van der Waals surface area contributed by atoms with Gasteiger partial charge in [-0.25, -0.2) is 9.59 Å². The number of nitro benzene ring substituents is 1. The molecule has 0 bridgehead atoms. The van der Waals surface area contributed by atoms with Gasteiger partial charge in [-0.2, -0.15) is 0 Å². The van der Waals surface area contributed by atoms with Crippen LogP contribution >= 0.6 is 0 Å². The Hall–Kier alpha value is -3.24. The maximum Gasteiger partial charge on any atom is 0.338 e. The molecule has 0 radical (unpaired) electrons. The van der Waals surface area contributed by atoms with Crippen molar-refractivity contribution in [2.24, 2.45) is 0 Å². The van der Waals surface area contributed by atoms with Crippen LogP contribution in [0.4, 0.5) is 10.5 Å². The van der Waals surface area contributed by atoms with E-state index in [9.17, 15) is 19.7 Å².